The van der Waals surface area contributed by atoms with Gasteiger partial charge in [0.15, 0.2) is 0 Å². The van der Waals surface area contributed by atoms with Gasteiger partial charge in [-0.05, 0) is 12.8 Å². The summed E-state index contributed by atoms with van der Waals surface area (Å²) in [5.41, 5.74) is 1.98. The highest BCUT2D eigenvalue weighted by Crippen LogP contribution is 2.20. The van der Waals surface area contributed by atoms with E-state index < -0.39 is 5.92 Å². The second-order valence-electron chi connectivity index (χ2n) is 2.42. The Hall–Kier alpha value is -0.900. The number of hydrogen-bond acceptors (Lipinski definition) is 3. The summed E-state index contributed by atoms with van der Waals surface area (Å²) in [5.74, 6) is 4.07. The van der Waals surface area contributed by atoms with Crippen molar-refractivity contribution in [1.82, 2.24) is 5.43 Å². The minimum Gasteiger partial charge on any atom is -0.299 e. The van der Waals surface area contributed by atoms with Crippen LogP contribution in [0.1, 0.15) is 19.3 Å². The molecule has 0 saturated heterocycles. The van der Waals surface area contributed by atoms with Crippen LogP contribution in [0, 0.1) is 5.92 Å². The molecule has 0 heterocycles. The highest BCUT2D eigenvalue weighted by Gasteiger charge is 2.30. The number of nitrogens with two attached hydrogens (primary N) is 1. The van der Waals surface area contributed by atoms with Gasteiger partial charge < -0.3 is 0 Å². The summed E-state index contributed by atoms with van der Waals surface area (Å²) in [4.78, 5) is 21.6. The lowest BCUT2D eigenvalue weighted by Crippen LogP contribution is -2.37. The van der Waals surface area contributed by atoms with Gasteiger partial charge in [0.05, 0.1) is 5.92 Å². The first-order valence-electron chi connectivity index (χ1n) is 3.29. The quantitative estimate of drug-likeness (QED) is 0.221. The lowest BCUT2D eigenvalue weighted by Gasteiger charge is -2.03. The molecule has 0 aliphatic heterocycles. The second kappa shape index (κ2) is 2.79. The van der Waals surface area contributed by atoms with Gasteiger partial charge in [0, 0.05) is 6.42 Å². The molecule has 1 atom stereocenters. The molecular formula is C6H10N2O2. The maximum Gasteiger partial charge on any atom is 0.244 e. The third-order valence-corrected chi connectivity index (χ3v) is 1.76. The van der Waals surface area contributed by atoms with Gasteiger partial charge in [-0.2, -0.15) is 0 Å². The molecule has 0 bridgehead atoms. The summed E-state index contributed by atoms with van der Waals surface area (Å²) in [5, 5.41) is 0. The highest BCUT2D eigenvalue weighted by atomic mass is 16.2. The van der Waals surface area contributed by atoms with Gasteiger partial charge in [-0.15, -0.1) is 0 Å². The van der Waals surface area contributed by atoms with Crippen molar-refractivity contribution in [2.75, 3.05) is 0 Å². The van der Waals surface area contributed by atoms with Crippen molar-refractivity contribution >= 4 is 11.7 Å². The van der Waals surface area contributed by atoms with E-state index in [4.69, 9.17) is 5.84 Å². The van der Waals surface area contributed by atoms with Crippen molar-refractivity contribution in [3.63, 3.8) is 0 Å². The summed E-state index contributed by atoms with van der Waals surface area (Å²) < 4.78 is 0. The molecule has 1 rings (SSSR count). The topological polar surface area (TPSA) is 72.2 Å². The van der Waals surface area contributed by atoms with Crippen molar-refractivity contribution in [2.24, 2.45) is 11.8 Å². The van der Waals surface area contributed by atoms with Crippen LogP contribution in [0.25, 0.3) is 0 Å². The number of Topliss-reactive ketones (excluding diaryl/α,β-unsaturated/α-hetero) is 1. The minimum absolute atomic E-state index is 0.0166. The summed E-state index contributed by atoms with van der Waals surface area (Å²) in [6.07, 6.45) is 2.00. The molecular weight excluding hydrogens is 132 g/mol. The molecule has 1 saturated carbocycles. The molecule has 4 heteroatoms. The van der Waals surface area contributed by atoms with Gasteiger partial charge >= 0.3 is 0 Å². The van der Waals surface area contributed by atoms with Crippen LogP contribution in [0.15, 0.2) is 0 Å². The monoisotopic (exact) mass is 142 g/mol. The molecule has 4 nitrogen and oxygen atoms in total. The van der Waals surface area contributed by atoms with Crippen LogP contribution in [0.2, 0.25) is 0 Å². The Morgan fingerprint density at radius 3 is 2.80 bits per heavy atom. The Kier molecular flexibility index (Phi) is 2.01. The van der Waals surface area contributed by atoms with Crippen LogP contribution in [-0.4, -0.2) is 11.7 Å². The van der Waals surface area contributed by atoms with E-state index in [2.05, 4.69) is 0 Å². The maximum absolute atomic E-state index is 10.9. The molecule has 0 spiro atoms. The summed E-state index contributed by atoms with van der Waals surface area (Å²) in [6.45, 7) is 0. The van der Waals surface area contributed by atoms with Crippen molar-refractivity contribution in [2.45, 2.75) is 19.3 Å². The number of carbonyl (C=O) groups excluding carboxylic acids is 2. The number of hydrazine groups is 1. The van der Waals surface area contributed by atoms with E-state index in [9.17, 15) is 9.59 Å². The Balaban J connectivity index is 2.55. The van der Waals surface area contributed by atoms with Crippen molar-refractivity contribution in [3.05, 3.63) is 0 Å². The standard InChI is InChI=1S/C6H10N2O2/c7-8-6(10)4-2-1-3-5(4)9/h4H,1-3,7H2,(H,8,10)/t4-/m1/s1. The number of ketones is 1. The van der Waals surface area contributed by atoms with Gasteiger partial charge in [-0.25, -0.2) is 5.84 Å². The van der Waals surface area contributed by atoms with Gasteiger partial charge in [0.25, 0.3) is 0 Å². The van der Waals surface area contributed by atoms with E-state index in [0.717, 1.165) is 6.42 Å². The molecule has 1 aliphatic carbocycles. The maximum atomic E-state index is 10.9. The number of amides is 1. The van der Waals surface area contributed by atoms with E-state index in [1.165, 1.54) is 0 Å². The number of carbonyl (C=O) groups is 2. The van der Waals surface area contributed by atoms with E-state index in [1.807, 2.05) is 5.43 Å². The van der Waals surface area contributed by atoms with Crippen LogP contribution in [-0.2, 0) is 9.59 Å². The summed E-state index contributed by atoms with van der Waals surface area (Å²) >= 11 is 0. The molecule has 0 aromatic carbocycles. The Bertz CT molecular complexity index is 167. The molecule has 1 aliphatic rings. The largest absolute Gasteiger partial charge is 0.299 e. The Morgan fingerprint density at radius 1 is 1.70 bits per heavy atom. The van der Waals surface area contributed by atoms with Gasteiger partial charge in [0.1, 0.15) is 5.78 Å². The molecule has 10 heavy (non-hydrogen) atoms. The van der Waals surface area contributed by atoms with E-state index in [0.29, 0.717) is 12.8 Å². The molecule has 0 unspecified atom stereocenters. The zero-order valence-corrected chi connectivity index (χ0v) is 5.59. The SMILES string of the molecule is NNC(=O)[C@@H]1CCCC1=O. The number of rotatable bonds is 1. The van der Waals surface area contributed by atoms with Crippen molar-refractivity contribution < 1.29 is 9.59 Å². The Morgan fingerprint density at radius 2 is 2.40 bits per heavy atom. The van der Waals surface area contributed by atoms with Crippen molar-refractivity contribution in [1.29, 1.82) is 0 Å². The normalized spacial score (nSPS) is 24.9. The first kappa shape index (κ1) is 7.21. The predicted octanol–water partition coefficient (Wildman–Crippen LogP) is -0.655. The smallest absolute Gasteiger partial charge is 0.244 e. The average Bonchev–Trinajstić information content (AvgIpc) is 2.34. The van der Waals surface area contributed by atoms with Crippen molar-refractivity contribution in [3.8, 4) is 0 Å². The summed E-state index contributed by atoms with van der Waals surface area (Å²) in [6, 6.07) is 0. The zero-order valence-electron chi connectivity index (χ0n) is 5.59. The lowest BCUT2D eigenvalue weighted by molar-refractivity contribution is -0.132. The van der Waals surface area contributed by atoms with E-state index >= 15 is 0 Å². The predicted molar refractivity (Wildman–Crippen MR) is 34.7 cm³/mol. The Labute approximate surface area is 58.7 Å². The van der Waals surface area contributed by atoms with Crippen LogP contribution in [0.5, 0.6) is 0 Å². The molecule has 0 aromatic rings. The minimum atomic E-state index is -0.468. The number of nitrogens with one attached hydrogen (secondary N) is 1. The highest BCUT2D eigenvalue weighted by molar-refractivity contribution is 6.02. The average molecular weight is 142 g/mol. The fourth-order valence-corrected chi connectivity index (χ4v) is 1.19. The number of hydrogen-bond donors (Lipinski definition) is 2. The third kappa shape index (κ3) is 1.16. The van der Waals surface area contributed by atoms with Crippen LogP contribution >= 0.6 is 0 Å². The molecule has 0 radical (unpaired) electrons. The first-order chi connectivity index (χ1) is 4.75. The molecule has 56 valence electrons. The van der Waals surface area contributed by atoms with Gasteiger partial charge in [0.2, 0.25) is 5.91 Å². The lowest BCUT2D eigenvalue weighted by atomic mass is 10.1. The van der Waals surface area contributed by atoms with E-state index in [-0.39, 0.29) is 11.7 Å². The summed E-state index contributed by atoms with van der Waals surface area (Å²) in [7, 11) is 0. The third-order valence-electron chi connectivity index (χ3n) is 1.76. The van der Waals surface area contributed by atoms with Gasteiger partial charge in [-0.3, -0.25) is 15.0 Å². The molecule has 1 amide bonds. The second-order valence-corrected chi connectivity index (χ2v) is 2.42. The van der Waals surface area contributed by atoms with Gasteiger partial charge in [-0.1, -0.05) is 0 Å². The van der Waals surface area contributed by atoms with E-state index in [1.54, 1.807) is 0 Å². The van der Waals surface area contributed by atoms with Crippen LogP contribution in [0.3, 0.4) is 0 Å². The molecule has 3 N–H and O–H groups in total. The fourth-order valence-electron chi connectivity index (χ4n) is 1.19. The first-order valence-corrected chi connectivity index (χ1v) is 3.29. The molecule has 0 aromatic heterocycles. The molecule has 1 fully saturated rings. The fraction of sp³-hybridized carbons (Fsp3) is 0.667. The zero-order chi connectivity index (χ0) is 7.56. The van der Waals surface area contributed by atoms with Crippen LogP contribution < -0.4 is 11.3 Å². The van der Waals surface area contributed by atoms with Crippen LogP contribution in [0.4, 0.5) is 0 Å².